The molecule has 0 radical (unpaired) electrons. The van der Waals surface area contributed by atoms with Crippen LogP contribution in [0.25, 0.3) is 0 Å². The topological polar surface area (TPSA) is 75.5 Å². The molecule has 0 bridgehead atoms. The van der Waals surface area contributed by atoms with Crippen LogP contribution in [-0.4, -0.2) is 36.4 Å². The number of likely N-dealkylation sites (tertiary alicyclic amines) is 1. The maximum atomic E-state index is 12.1. The lowest BCUT2D eigenvalue weighted by molar-refractivity contribution is -0.901. The molecule has 1 aromatic carbocycles. The lowest BCUT2D eigenvalue weighted by Gasteiger charge is -2.15. The van der Waals surface area contributed by atoms with Crippen LogP contribution >= 0.6 is 11.6 Å². The van der Waals surface area contributed by atoms with E-state index in [0.717, 1.165) is 12.1 Å². The second kappa shape index (κ2) is 9.48. The highest BCUT2D eigenvalue weighted by atomic mass is 35.5. The van der Waals surface area contributed by atoms with Crippen molar-refractivity contribution in [2.45, 2.75) is 25.9 Å². The van der Waals surface area contributed by atoms with E-state index in [4.69, 9.17) is 11.6 Å². The molecule has 2 amide bonds. The number of nitrogens with one attached hydrogen (secondary N) is 3. The van der Waals surface area contributed by atoms with Crippen LogP contribution in [0.5, 0.6) is 0 Å². The molecule has 6 nitrogen and oxygen atoms in total. The van der Waals surface area contributed by atoms with E-state index >= 15 is 0 Å². The molecule has 1 aromatic heterocycles. The van der Waals surface area contributed by atoms with Crippen molar-refractivity contribution in [2.75, 3.05) is 19.6 Å². The maximum absolute atomic E-state index is 12.1. The minimum absolute atomic E-state index is 0.105. The molecule has 7 heteroatoms. The van der Waals surface area contributed by atoms with Gasteiger partial charge in [0.2, 0.25) is 5.91 Å². The number of benzene rings is 1. The Morgan fingerprint density at radius 1 is 1.07 bits per heavy atom. The van der Waals surface area contributed by atoms with E-state index in [1.807, 2.05) is 18.2 Å². The Morgan fingerprint density at radius 3 is 2.56 bits per heavy atom. The first-order valence-electron chi connectivity index (χ1n) is 9.18. The number of aromatic nitrogens is 1. The van der Waals surface area contributed by atoms with Crippen LogP contribution in [0.1, 0.15) is 34.5 Å². The van der Waals surface area contributed by atoms with Crippen LogP contribution in [0.15, 0.2) is 42.6 Å². The lowest BCUT2D eigenvalue weighted by atomic mass is 10.1. The number of rotatable bonds is 7. The van der Waals surface area contributed by atoms with Crippen molar-refractivity contribution < 1.29 is 14.5 Å². The van der Waals surface area contributed by atoms with E-state index in [-0.39, 0.29) is 18.1 Å². The number of quaternary nitrogens is 1. The molecule has 1 aliphatic heterocycles. The zero-order chi connectivity index (χ0) is 19.1. The number of carbonyl (C=O) groups is 2. The zero-order valence-corrected chi connectivity index (χ0v) is 15.9. The number of nitrogens with zero attached hydrogens (tertiary/aromatic N) is 1. The third-order valence-corrected chi connectivity index (χ3v) is 4.94. The Bertz CT molecular complexity index is 806. The quantitative estimate of drug-likeness (QED) is 0.662. The summed E-state index contributed by atoms with van der Waals surface area (Å²) in [4.78, 5) is 29.6. The number of pyridine rings is 1. The summed E-state index contributed by atoms with van der Waals surface area (Å²) in [7, 11) is 0. The summed E-state index contributed by atoms with van der Waals surface area (Å²) in [5, 5.41) is 5.86. The van der Waals surface area contributed by atoms with Crippen LogP contribution in [0, 0.1) is 0 Å². The molecule has 27 heavy (non-hydrogen) atoms. The fourth-order valence-electron chi connectivity index (χ4n) is 3.26. The van der Waals surface area contributed by atoms with Crippen molar-refractivity contribution in [3.8, 4) is 0 Å². The van der Waals surface area contributed by atoms with E-state index in [9.17, 15) is 9.59 Å². The van der Waals surface area contributed by atoms with E-state index < -0.39 is 5.91 Å². The van der Waals surface area contributed by atoms with Gasteiger partial charge >= 0.3 is 0 Å². The minimum Gasteiger partial charge on any atom is -0.350 e. The molecule has 0 aliphatic carbocycles. The standard InChI is InChI=1S/C20H23ClN4O2/c21-17-7-8-22-18(11-17)20(27)24-13-19(26)23-12-15-5-1-2-6-16(15)14-25-9-3-4-10-25/h1-2,5-8,11H,3-4,9-10,12-14H2,(H,23,26)(H,24,27)/p+1. The van der Waals surface area contributed by atoms with Crippen molar-refractivity contribution in [2.24, 2.45) is 0 Å². The van der Waals surface area contributed by atoms with Gasteiger partial charge in [-0.1, -0.05) is 35.9 Å². The monoisotopic (exact) mass is 387 g/mol. The fraction of sp³-hybridized carbons (Fsp3) is 0.350. The Kier molecular flexibility index (Phi) is 6.79. The fourth-order valence-corrected chi connectivity index (χ4v) is 3.42. The predicted molar refractivity (Wildman–Crippen MR) is 104 cm³/mol. The van der Waals surface area contributed by atoms with Gasteiger partial charge in [-0.3, -0.25) is 14.6 Å². The van der Waals surface area contributed by atoms with Crippen LogP contribution in [0.4, 0.5) is 0 Å². The largest absolute Gasteiger partial charge is 0.350 e. The number of amides is 2. The van der Waals surface area contributed by atoms with E-state index in [1.54, 1.807) is 11.0 Å². The number of carbonyl (C=O) groups excluding carboxylic acids is 2. The number of hydrogen-bond acceptors (Lipinski definition) is 3. The lowest BCUT2D eigenvalue weighted by Crippen LogP contribution is -3.08. The average Bonchev–Trinajstić information content (AvgIpc) is 3.18. The van der Waals surface area contributed by atoms with E-state index in [1.165, 1.54) is 43.8 Å². The Labute approximate surface area is 163 Å². The maximum Gasteiger partial charge on any atom is 0.270 e. The van der Waals surface area contributed by atoms with Gasteiger partial charge in [-0.2, -0.15) is 0 Å². The van der Waals surface area contributed by atoms with Gasteiger partial charge in [-0.25, -0.2) is 0 Å². The van der Waals surface area contributed by atoms with Gasteiger partial charge in [0.05, 0.1) is 19.6 Å². The summed E-state index contributed by atoms with van der Waals surface area (Å²) in [5.74, 6) is -0.667. The average molecular weight is 388 g/mol. The van der Waals surface area contributed by atoms with Gasteiger partial charge in [0.25, 0.3) is 5.91 Å². The first-order chi connectivity index (χ1) is 13.1. The molecule has 1 aliphatic rings. The number of hydrogen-bond donors (Lipinski definition) is 3. The molecular formula is C20H24ClN4O2+. The van der Waals surface area contributed by atoms with Gasteiger partial charge in [-0.15, -0.1) is 0 Å². The Hall–Kier alpha value is -2.44. The summed E-state index contributed by atoms with van der Waals surface area (Å²) >= 11 is 5.84. The van der Waals surface area contributed by atoms with Gasteiger partial charge in [0.1, 0.15) is 12.2 Å². The van der Waals surface area contributed by atoms with Gasteiger partial charge in [-0.05, 0) is 17.7 Å². The summed E-state index contributed by atoms with van der Waals surface area (Å²) in [6.45, 7) is 3.76. The SMILES string of the molecule is O=C(CNC(=O)c1cc(Cl)ccn1)NCc1ccccc1C[NH+]1CCCC1. The van der Waals surface area contributed by atoms with Crippen molar-refractivity contribution in [1.82, 2.24) is 15.6 Å². The number of halogens is 1. The summed E-state index contributed by atoms with van der Waals surface area (Å²) in [6, 6.07) is 11.2. The van der Waals surface area contributed by atoms with Gasteiger partial charge in [0, 0.05) is 36.2 Å². The third kappa shape index (κ3) is 5.77. The highest BCUT2D eigenvalue weighted by molar-refractivity contribution is 6.30. The summed E-state index contributed by atoms with van der Waals surface area (Å²) in [5.41, 5.74) is 2.57. The predicted octanol–water partition coefficient (Wildman–Crippen LogP) is 0.960. The summed E-state index contributed by atoms with van der Waals surface area (Å²) < 4.78 is 0. The van der Waals surface area contributed by atoms with Gasteiger partial charge in [0.15, 0.2) is 0 Å². The van der Waals surface area contributed by atoms with Gasteiger partial charge < -0.3 is 15.5 Å². The molecule has 0 saturated carbocycles. The van der Waals surface area contributed by atoms with Crippen molar-refractivity contribution in [3.05, 3.63) is 64.4 Å². The highest BCUT2D eigenvalue weighted by Crippen LogP contribution is 2.09. The third-order valence-electron chi connectivity index (χ3n) is 4.71. The van der Waals surface area contributed by atoms with Crippen molar-refractivity contribution in [1.29, 1.82) is 0 Å². The normalized spacial score (nSPS) is 14.1. The molecule has 0 atom stereocenters. The molecular weight excluding hydrogens is 364 g/mol. The molecule has 1 fully saturated rings. The molecule has 0 unspecified atom stereocenters. The summed E-state index contributed by atoms with van der Waals surface area (Å²) in [6.07, 6.45) is 4.03. The van der Waals surface area contributed by atoms with Crippen molar-refractivity contribution in [3.63, 3.8) is 0 Å². The molecule has 3 rings (SSSR count). The first-order valence-corrected chi connectivity index (χ1v) is 9.56. The molecule has 2 aromatic rings. The van der Waals surface area contributed by atoms with Crippen LogP contribution in [-0.2, 0) is 17.9 Å². The highest BCUT2D eigenvalue weighted by Gasteiger charge is 2.17. The zero-order valence-electron chi connectivity index (χ0n) is 15.1. The second-order valence-electron chi connectivity index (χ2n) is 6.72. The minimum atomic E-state index is -0.425. The van der Waals surface area contributed by atoms with Crippen LogP contribution in [0.2, 0.25) is 5.02 Å². The molecule has 2 heterocycles. The molecule has 142 valence electrons. The molecule has 3 N–H and O–H groups in total. The van der Waals surface area contributed by atoms with Crippen molar-refractivity contribution >= 4 is 23.4 Å². The van der Waals surface area contributed by atoms with Crippen LogP contribution < -0.4 is 15.5 Å². The van der Waals surface area contributed by atoms with Crippen LogP contribution in [0.3, 0.4) is 0 Å². The molecule has 0 spiro atoms. The first kappa shape index (κ1) is 19.3. The Balaban J connectivity index is 1.48. The Morgan fingerprint density at radius 2 is 1.81 bits per heavy atom. The van der Waals surface area contributed by atoms with E-state index in [2.05, 4.69) is 21.7 Å². The second-order valence-corrected chi connectivity index (χ2v) is 7.16. The molecule has 1 saturated heterocycles. The smallest absolute Gasteiger partial charge is 0.270 e. The van der Waals surface area contributed by atoms with E-state index in [0.29, 0.717) is 11.6 Å².